The highest BCUT2D eigenvalue weighted by atomic mass is 32.1. The van der Waals surface area contributed by atoms with Gasteiger partial charge in [0.25, 0.3) is 5.91 Å². The van der Waals surface area contributed by atoms with Gasteiger partial charge in [0, 0.05) is 23.6 Å². The van der Waals surface area contributed by atoms with Crippen molar-refractivity contribution in [3.63, 3.8) is 0 Å². The van der Waals surface area contributed by atoms with Gasteiger partial charge in [0.1, 0.15) is 4.88 Å². The maximum atomic E-state index is 12.5. The van der Waals surface area contributed by atoms with Gasteiger partial charge in [-0.3, -0.25) is 9.78 Å². The molecule has 0 spiro atoms. The molecule has 3 heterocycles. The van der Waals surface area contributed by atoms with Crippen LogP contribution in [0.3, 0.4) is 0 Å². The summed E-state index contributed by atoms with van der Waals surface area (Å²) in [5.41, 5.74) is 4.81. The van der Waals surface area contributed by atoms with Gasteiger partial charge in [-0.1, -0.05) is 23.4 Å². The van der Waals surface area contributed by atoms with Crippen molar-refractivity contribution in [2.24, 2.45) is 0 Å². The molecule has 0 aliphatic heterocycles. The number of carbonyl (C=O) groups is 1. The first-order valence-corrected chi connectivity index (χ1v) is 9.11. The van der Waals surface area contributed by atoms with Gasteiger partial charge < -0.3 is 9.84 Å². The Kier molecular flexibility index (Phi) is 4.71. The molecular formula is C19H15N5O2S. The van der Waals surface area contributed by atoms with E-state index < -0.39 is 0 Å². The number of hydrogen-bond acceptors (Lipinski definition) is 7. The predicted octanol–water partition coefficient (Wildman–Crippen LogP) is 3.74. The Morgan fingerprint density at radius 1 is 1.19 bits per heavy atom. The molecule has 0 radical (unpaired) electrons. The van der Waals surface area contributed by atoms with Crippen molar-refractivity contribution in [1.29, 1.82) is 0 Å². The summed E-state index contributed by atoms with van der Waals surface area (Å²) in [5, 5.41) is 6.96. The third kappa shape index (κ3) is 3.75. The highest BCUT2D eigenvalue weighted by Crippen LogP contribution is 2.22. The number of nitrogens with zero attached hydrogens (tertiary/aromatic N) is 4. The standard InChI is InChI=1S/C19H15N5O2S/c1-12-17(27-11-21-12)19(25)22-15-5-3-2-4-14(15)10-16-23-18(24-26-16)13-6-8-20-9-7-13/h2-9,11H,10H2,1H3,(H,22,25). The topological polar surface area (TPSA) is 93.8 Å². The quantitative estimate of drug-likeness (QED) is 0.569. The van der Waals surface area contributed by atoms with Crippen LogP contribution in [0, 0.1) is 6.92 Å². The van der Waals surface area contributed by atoms with E-state index in [0.717, 1.165) is 11.1 Å². The first kappa shape index (κ1) is 17.0. The summed E-state index contributed by atoms with van der Waals surface area (Å²) in [6, 6.07) is 11.2. The molecule has 1 N–H and O–H groups in total. The van der Waals surface area contributed by atoms with Gasteiger partial charge in [-0.2, -0.15) is 4.98 Å². The van der Waals surface area contributed by atoms with E-state index in [4.69, 9.17) is 4.52 Å². The third-order valence-corrected chi connectivity index (χ3v) is 4.89. The van der Waals surface area contributed by atoms with E-state index >= 15 is 0 Å². The number of benzene rings is 1. The number of anilines is 1. The molecule has 4 rings (SSSR count). The van der Waals surface area contributed by atoms with Crippen LogP contribution < -0.4 is 5.32 Å². The molecule has 0 saturated heterocycles. The minimum absolute atomic E-state index is 0.176. The molecule has 0 atom stereocenters. The van der Waals surface area contributed by atoms with Gasteiger partial charge in [0.05, 0.1) is 17.6 Å². The highest BCUT2D eigenvalue weighted by molar-refractivity contribution is 7.12. The van der Waals surface area contributed by atoms with Crippen molar-refractivity contribution in [3.05, 3.63) is 76.3 Å². The number of amides is 1. The Hall–Kier alpha value is -3.39. The van der Waals surface area contributed by atoms with E-state index in [2.05, 4.69) is 25.4 Å². The largest absolute Gasteiger partial charge is 0.339 e. The summed E-state index contributed by atoms with van der Waals surface area (Å²) < 4.78 is 5.37. The molecule has 1 aromatic carbocycles. The first-order chi connectivity index (χ1) is 13.2. The number of thiazole rings is 1. The number of nitrogens with one attached hydrogen (secondary N) is 1. The van der Waals surface area contributed by atoms with Crippen LogP contribution in [0.15, 0.2) is 58.8 Å². The van der Waals surface area contributed by atoms with E-state index in [1.54, 1.807) is 17.9 Å². The zero-order valence-corrected chi connectivity index (χ0v) is 15.2. The van der Waals surface area contributed by atoms with Crippen LogP contribution in [0.25, 0.3) is 11.4 Å². The number of para-hydroxylation sites is 1. The number of pyridine rings is 1. The second-order valence-corrected chi connectivity index (χ2v) is 6.66. The number of aryl methyl sites for hydroxylation is 1. The molecule has 0 fully saturated rings. The van der Waals surface area contributed by atoms with Crippen LogP contribution in [0.4, 0.5) is 5.69 Å². The normalized spacial score (nSPS) is 10.7. The van der Waals surface area contributed by atoms with Crippen molar-refractivity contribution in [3.8, 4) is 11.4 Å². The van der Waals surface area contributed by atoms with Crippen LogP contribution in [0.5, 0.6) is 0 Å². The third-order valence-electron chi connectivity index (χ3n) is 3.97. The summed E-state index contributed by atoms with van der Waals surface area (Å²) in [4.78, 5) is 25.6. The molecule has 4 aromatic rings. The van der Waals surface area contributed by atoms with E-state index in [1.807, 2.05) is 43.3 Å². The molecule has 0 saturated carbocycles. The van der Waals surface area contributed by atoms with E-state index in [1.165, 1.54) is 11.3 Å². The van der Waals surface area contributed by atoms with Crippen LogP contribution in [-0.2, 0) is 6.42 Å². The summed E-state index contributed by atoms with van der Waals surface area (Å²) in [7, 11) is 0. The van der Waals surface area contributed by atoms with Gasteiger partial charge in [-0.25, -0.2) is 4.98 Å². The minimum atomic E-state index is -0.176. The molecule has 0 aliphatic carbocycles. The van der Waals surface area contributed by atoms with Crippen molar-refractivity contribution in [1.82, 2.24) is 20.1 Å². The van der Waals surface area contributed by atoms with Crippen LogP contribution in [0.2, 0.25) is 0 Å². The second kappa shape index (κ2) is 7.46. The van der Waals surface area contributed by atoms with Crippen LogP contribution in [-0.4, -0.2) is 26.0 Å². The lowest BCUT2D eigenvalue weighted by Gasteiger charge is -2.09. The summed E-state index contributed by atoms with van der Waals surface area (Å²) in [6.07, 6.45) is 3.77. The molecule has 0 bridgehead atoms. The summed E-state index contributed by atoms with van der Waals surface area (Å²) in [5.74, 6) is 0.803. The lowest BCUT2D eigenvalue weighted by atomic mass is 10.1. The number of aromatic nitrogens is 4. The molecule has 1 amide bonds. The highest BCUT2D eigenvalue weighted by Gasteiger charge is 2.15. The summed E-state index contributed by atoms with van der Waals surface area (Å²) in [6.45, 7) is 1.82. The molecular weight excluding hydrogens is 362 g/mol. The molecule has 8 heteroatoms. The lowest BCUT2D eigenvalue weighted by molar-refractivity contribution is 0.102. The predicted molar refractivity (Wildman–Crippen MR) is 102 cm³/mol. The number of carbonyl (C=O) groups excluding carboxylic acids is 1. The molecule has 7 nitrogen and oxygen atoms in total. The van der Waals surface area contributed by atoms with Crippen molar-refractivity contribution in [2.75, 3.05) is 5.32 Å². The first-order valence-electron chi connectivity index (χ1n) is 8.23. The van der Waals surface area contributed by atoms with Gasteiger partial charge >= 0.3 is 0 Å². The average molecular weight is 377 g/mol. The Bertz CT molecular complexity index is 1070. The molecule has 0 unspecified atom stereocenters. The summed E-state index contributed by atoms with van der Waals surface area (Å²) >= 11 is 1.32. The van der Waals surface area contributed by atoms with Gasteiger partial charge in [0.15, 0.2) is 0 Å². The average Bonchev–Trinajstić information content (AvgIpc) is 3.33. The zero-order chi connectivity index (χ0) is 18.6. The Labute approximate surface area is 159 Å². The minimum Gasteiger partial charge on any atom is -0.339 e. The number of rotatable bonds is 5. The zero-order valence-electron chi connectivity index (χ0n) is 14.4. The molecule has 3 aromatic heterocycles. The number of hydrogen-bond donors (Lipinski definition) is 1. The van der Waals surface area contributed by atoms with Gasteiger partial charge in [0.2, 0.25) is 11.7 Å². The van der Waals surface area contributed by atoms with Crippen LogP contribution >= 0.6 is 11.3 Å². The maximum absolute atomic E-state index is 12.5. The lowest BCUT2D eigenvalue weighted by Crippen LogP contribution is -2.13. The maximum Gasteiger partial charge on any atom is 0.267 e. The van der Waals surface area contributed by atoms with Gasteiger partial charge in [-0.15, -0.1) is 11.3 Å². The van der Waals surface area contributed by atoms with Crippen LogP contribution in [0.1, 0.15) is 26.8 Å². The van der Waals surface area contributed by atoms with E-state index in [0.29, 0.717) is 34.4 Å². The van der Waals surface area contributed by atoms with Crippen molar-refractivity contribution >= 4 is 22.9 Å². The van der Waals surface area contributed by atoms with E-state index in [-0.39, 0.29) is 5.91 Å². The fraction of sp³-hybridized carbons (Fsp3) is 0.105. The molecule has 134 valence electrons. The SMILES string of the molecule is Cc1ncsc1C(=O)Nc1ccccc1Cc1nc(-c2ccncc2)no1. The Balaban J connectivity index is 1.54. The Morgan fingerprint density at radius 3 is 2.78 bits per heavy atom. The van der Waals surface area contributed by atoms with Crippen molar-refractivity contribution in [2.45, 2.75) is 13.3 Å². The Morgan fingerprint density at radius 2 is 2.00 bits per heavy atom. The second-order valence-electron chi connectivity index (χ2n) is 5.80. The van der Waals surface area contributed by atoms with E-state index in [9.17, 15) is 4.79 Å². The molecule has 0 aliphatic rings. The van der Waals surface area contributed by atoms with Gasteiger partial charge in [-0.05, 0) is 30.7 Å². The molecule has 27 heavy (non-hydrogen) atoms. The van der Waals surface area contributed by atoms with Crippen molar-refractivity contribution < 1.29 is 9.32 Å². The fourth-order valence-electron chi connectivity index (χ4n) is 2.60. The fourth-order valence-corrected chi connectivity index (χ4v) is 3.30. The monoisotopic (exact) mass is 377 g/mol. The smallest absolute Gasteiger partial charge is 0.267 e.